The molecule has 2 atom stereocenters. The topological polar surface area (TPSA) is 66.4 Å². The van der Waals surface area contributed by atoms with Crippen molar-refractivity contribution in [3.63, 3.8) is 0 Å². The predicted octanol–water partition coefficient (Wildman–Crippen LogP) is 2.17. The maximum Gasteiger partial charge on any atom is 0.251 e. The molecule has 0 aliphatic carbocycles. The van der Waals surface area contributed by atoms with Crippen LogP contribution in [0, 0.1) is 5.41 Å². The van der Waals surface area contributed by atoms with Gasteiger partial charge in [-0.2, -0.15) is 0 Å². The summed E-state index contributed by atoms with van der Waals surface area (Å²) in [6.07, 6.45) is -0.700. The number of nitrogens with one attached hydrogen (secondary N) is 1. The molecular formula is C16H23NO3. The first-order valence-electron chi connectivity index (χ1n) is 6.85. The highest BCUT2D eigenvalue weighted by atomic mass is 16.3. The lowest BCUT2D eigenvalue weighted by atomic mass is 9.84. The highest BCUT2D eigenvalue weighted by molar-refractivity contribution is 5.95. The fourth-order valence-electron chi connectivity index (χ4n) is 1.87. The van der Waals surface area contributed by atoms with E-state index in [9.17, 15) is 14.7 Å². The van der Waals surface area contributed by atoms with Crippen LogP contribution in [0.4, 0.5) is 0 Å². The Labute approximate surface area is 120 Å². The molecule has 0 fully saturated rings. The van der Waals surface area contributed by atoms with Crippen LogP contribution >= 0.6 is 0 Å². The van der Waals surface area contributed by atoms with Crippen LogP contribution in [-0.2, 0) is 4.79 Å². The van der Waals surface area contributed by atoms with E-state index in [2.05, 4.69) is 5.32 Å². The molecule has 1 amide bonds. The Morgan fingerprint density at radius 1 is 1.20 bits per heavy atom. The second-order valence-electron chi connectivity index (χ2n) is 5.91. The maximum absolute atomic E-state index is 12.1. The molecule has 0 radical (unpaired) electrons. The Bertz CT molecular complexity index is 462. The van der Waals surface area contributed by atoms with Gasteiger partial charge in [-0.15, -0.1) is 0 Å². The SMILES string of the molecule is CC[C@@H](NC(=O)c1ccccc1)[C@H](O)C(=O)C(C)(C)C. The van der Waals surface area contributed by atoms with Gasteiger partial charge in [0.25, 0.3) is 5.91 Å². The average molecular weight is 277 g/mol. The van der Waals surface area contributed by atoms with Crippen LogP contribution in [0.25, 0.3) is 0 Å². The summed E-state index contributed by atoms with van der Waals surface area (Å²) in [5.74, 6) is -0.545. The van der Waals surface area contributed by atoms with Crippen molar-refractivity contribution in [1.82, 2.24) is 5.32 Å². The summed E-state index contributed by atoms with van der Waals surface area (Å²) < 4.78 is 0. The van der Waals surface area contributed by atoms with Gasteiger partial charge in [0, 0.05) is 11.0 Å². The molecular weight excluding hydrogens is 254 g/mol. The van der Waals surface area contributed by atoms with Crippen molar-refractivity contribution in [2.45, 2.75) is 46.3 Å². The van der Waals surface area contributed by atoms with Crippen molar-refractivity contribution < 1.29 is 14.7 Å². The monoisotopic (exact) mass is 277 g/mol. The number of Topliss-reactive ketones (excluding diaryl/α,β-unsaturated/α-hetero) is 1. The van der Waals surface area contributed by atoms with Crippen LogP contribution in [0.1, 0.15) is 44.5 Å². The van der Waals surface area contributed by atoms with Crippen LogP contribution in [0.2, 0.25) is 0 Å². The summed E-state index contributed by atoms with van der Waals surface area (Å²) in [5, 5.41) is 12.9. The Hall–Kier alpha value is -1.68. The average Bonchev–Trinajstić information content (AvgIpc) is 2.42. The number of rotatable bonds is 5. The minimum absolute atomic E-state index is 0.266. The zero-order valence-electron chi connectivity index (χ0n) is 12.5. The molecule has 4 nitrogen and oxygen atoms in total. The standard InChI is InChI=1S/C16H23NO3/c1-5-12(13(18)14(19)16(2,3)4)17-15(20)11-9-7-6-8-10-11/h6-10,12-13,18H,5H2,1-4H3,(H,17,20)/t12-,13+/m1/s1. The van der Waals surface area contributed by atoms with Gasteiger partial charge in [0.15, 0.2) is 5.78 Å². The summed E-state index contributed by atoms with van der Waals surface area (Å²) in [4.78, 5) is 24.1. The number of hydrogen-bond acceptors (Lipinski definition) is 3. The Kier molecular flexibility index (Phi) is 5.45. The van der Waals surface area contributed by atoms with Crippen LogP contribution < -0.4 is 5.32 Å². The van der Waals surface area contributed by atoms with Gasteiger partial charge in [0.05, 0.1) is 6.04 Å². The van der Waals surface area contributed by atoms with Crippen molar-refractivity contribution in [3.05, 3.63) is 35.9 Å². The van der Waals surface area contributed by atoms with E-state index in [1.807, 2.05) is 13.0 Å². The summed E-state index contributed by atoms with van der Waals surface area (Å²) in [6, 6.07) is 8.18. The van der Waals surface area contributed by atoms with Gasteiger partial charge in [0.1, 0.15) is 6.10 Å². The van der Waals surface area contributed by atoms with Gasteiger partial charge < -0.3 is 10.4 Å². The van der Waals surface area contributed by atoms with Crippen molar-refractivity contribution in [2.75, 3.05) is 0 Å². The molecule has 1 aromatic rings. The normalized spacial score (nSPS) is 14.4. The lowest BCUT2D eigenvalue weighted by Gasteiger charge is -2.27. The minimum Gasteiger partial charge on any atom is -0.383 e. The lowest BCUT2D eigenvalue weighted by Crippen LogP contribution is -2.49. The molecule has 110 valence electrons. The predicted molar refractivity (Wildman–Crippen MR) is 78.5 cm³/mol. The van der Waals surface area contributed by atoms with Crippen molar-refractivity contribution >= 4 is 11.7 Å². The van der Waals surface area contributed by atoms with Gasteiger partial charge >= 0.3 is 0 Å². The van der Waals surface area contributed by atoms with Crippen molar-refractivity contribution in [1.29, 1.82) is 0 Å². The molecule has 0 heterocycles. The fraction of sp³-hybridized carbons (Fsp3) is 0.500. The van der Waals surface area contributed by atoms with Gasteiger partial charge in [0.2, 0.25) is 0 Å². The Morgan fingerprint density at radius 2 is 1.75 bits per heavy atom. The number of carbonyl (C=O) groups excluding carboxylic acids is 2. The van der Waals surface area contributed by atoms with Crippen LogP contribution in [0.3, 0.4) is 0 Å². The molecule has 0 unspecified atom stereocenters. The fourth-order valence-corrected chi connectivity index (χ4v) is 1.87. The molecule has 0 saturated carbocycles. The van der Waals surface area contributed by atoms with E-state index >= 15 is 0 Å². The molecule has 0 aliphatic heterocycles. The molecule has 0 bridgehead atoms. The van der Waals surface area contributed by atoms with E-state index in [-0.39, 0.29) is 11.7 Å². The highest BCUT2D eigenvalue weighted by Gasteiger charge is 2.33. The zero-order valence-corrected chi connectivity index (χ0v) is 12.5. The van der Waals surface area contributed by atoms with E-state index < -0.39 is 17.6 Å². The third kappa shape index (κ3) is 4.17. The molecule has 0 saturated heterocycles. The van der Waals surface area contributed by atoms with E-state index in [0.29, 0.717) is 12.0 Å². The van der Waals surface area contributed by atoms with E-state index in [0.717, 1.165) is 0 Å². The molecule has 2 N–H and O–H groups in total. The molecule has 4 heteroatoms. The van der Waals surface area contributed by atoms with Gasteiger partial charge in [-0.1, -0.05) is 45.9 Å². The third-order valence-electron chi connectivity index (χ3n) is 3.18. The second kappa shape index (κ2) is 6.66. The first-order valence-corrected chi connectivity index (χ1v) is 6.85. The third-order valence-corrected chi connectivity index (χ3v) is 3.18. The number of ketones is 1. The van der Waals surface area contributed by atoms with Gasteiger partial charge in [-0.3, -0.25) is 9.59 Å². The minimum atomic E-state index is -1.19. The summed E-state index contributed by atoms with van der Waals surface area (Å²) in [6.45, 7) is 7.09. The maximum atomic E-state index is 12.1. The molecule has 0 spiro atoms. The molecule has 0 aliphatic rings. The number of carbonyl (C=O) groups is 2. The molecule has 1 rings (SSSR count). The van der Waals surface area contributed by atoms with Gasteiger partial charge in [-0.05, 0) is 18.6 Å². The van der Waals surface area contributed by atoms with Crippen molar-refractivity contribution in [2.24, 2.45) is 5.41 Å². The van der Waals surface area contributed by atoms with E-state index in [1.54, 1.807) is 45.0 Å². The summed E-state index contributed by atoms with van der Waals surface area (Å²) >= 11 is 0. The number of hydrogen-bond donors (Lipinski definition) is 2. The molecule has 0 aromatic heterocycles. The lowest BCUT2D eigenvalue weighted by molar-refractivity contribution is -0.136. The van der Waals surface area contributed by atoms with Crippen molar-refractivity contribution in [3.8, 4) is 0 Å². The number of amides is 1. The number of benzene rings is 1. The van der Waals surface area contributed by atoms with Crippen LogP contribution in [0.5, 0.6) is 0 Å². The van der Waals surface area contributed by atoms with E-state index in [4.69, 9.17) is 0 Å². The largest absolute Gasteiger partial charge is 0.383 e. The van der Waals surface area contributed by atoms with Crippen LogP contribution in [-0.4, -0.2) is 28.9 Å². The summed E-state index contributed by atoms with van der Waals surface area (Å²) in [7, 11) is 0. The first kappa shape index (κ1) is 16.4. The molecule has 1 aromatic carbocycles. The smallest absolute Gasteiger partial charge is 0.251 e. The number of aliphatic hydroxyl groups is 1. The second-order valence-corrected chi connectivity index (χ2v) is 5.91. The zero-order chi connectivity index (χ0) is 15.3. The van der Waals surface area contributed by atoms with E-state index in [1.165, 1.54) is 0 Å². The first-order chi connectivity index (χ1) is 9.27. The Morgan fingerprint density at radius 3 is 2.20 bits per heavy atom. The number of aliphatic hydroxyl groups excluding tert-OH is 1. The Balaban J connectivity index is 2.77. The summed E-state index contributed by atoms with van der Waals surface area (Å²) in [5.41, 5.74) is -0.119. The van der Waals surface area contributed by atoms with Gasteiger partial charge in [-0.25, -0.2) is 0 Å². The van der Waals surface area contributed by atoms with Crippen LogP contribution in [0.15, 0.2) is 30.3 Å². The highest BCUT2D eigenvalue weighted by Crippen LogP contribution is 2.19. The molecule has 20 heavy (non-hydrogen) atoms. The quantitative estimate of drug-likeness (QED) is 0.867.